The molecule has 0 saturated heterocycles. The van der Waals surface area contributed by atoms with Crippen molar-refractivity contribution in [1.29, 1.82) is 0 Å². The summed E-state index contributed by atoms with van der Waals surface area (Å²) in [5.41, 5.74) is 1.50. The molecule has 1 N–H and O–H groups in total. The fourth-order valence-electron chi connectivity index (χ4n) is 1.41. The lowest BCUT2D eigenvalue weighted by molar-refractivity contribution is 0.277. The highest BCUT2D eigenvalue weighted by molar-refractivity contribution is 5.60. The standard InChI is InChI=1S/C11H10FNO2/c1-7-2-3-8(9(12)4-7)11-10(5-14)13-6-15-11/h2-4,6,14H,5H2,1H3. The molecule has 15 heavy (non-hydrogen) atoms. The quantitative estimate of drug-likeness (QED) is 0.821. The summed E-state index contributed by atoms with van der Waals surface area (Å²) in [6.45, 7) is 1.54. The third-order valence-electron chi connectivity index (χ3n) is 2.16. The topological polar surface area (TPSA) is 46.3 Å². The van der Waals surface area contributed by atoms with Crippen LogP contribution in [0.15, 0.2) is 29.0 Å². The molecule has 0 aliphatic heterocycles. The Kier molecular flexibility index (Phi) is 2.51. The van der Waals surface area contributed by atoms with Crippen LogP contribution in [0.2, 0.25) is 0 Å². The first-order chi connectivity index (χ1) is 7.22. The van der Waals surface area contributed by atoms with Gasteiger partial charge in [0.2, 0.25) is 0 Å². The van der Waals surface area contributed by atoms with Crippen LogP contribution in [0.1, 0.15) is 11.3 Å². The lowest BCUT2D eigenvalue weighted by Crippen LogP contribution is -1.90. The van der Waals surface area contributed by atoms with Crippen LogP contribution >= 0.6 is 0 Å². The van der Waals surface area contributed by atoms with Gasteiger partial charge in [-0.3, -0.25) is 0 Å². The van der Waals surface area contributed by atoms with E-state index in [2.05, 4.69) is 4.98 Å². The Hall–Kier alpha value is -1.68. The monoisotopic (exact) mass is 207 g/mol. The van der Waals surface area contributed by atoms with Crippen molar-refractivity contribution in [2.75, 3.05) is 0 Å². The first kappa shape index (κ1) is 9.86. The number of benzene rings is 1. The number of hydrogen-bond acceptors (Lipinski definition) is 3. The van der Waals surface area contributed by atoms with Gasteiger partial charge in [0, 0.05) is 0 Å². The maximum absolute atomic E-state index is 13.6. The molecule has 1 heterocycles. The smallest absolute Gasteiger partial charge is 0.181 e. The van der Waals surface area contributed by atoms with E-state index in [1.807, 2.05) is 0 Å². The Morgan fingerprint density at radius 1 is 1.47 bits per heavy atom. The zero-order chi connectivity index (χ0) is 10.8. The number of halogens is 1. The molecule has 2 rings (SSSR count). The Morgan fingerprint density at radius 2 is 2.27 bits per heavy atom. The zero-order valence-electron chi connectivity index (χ0n) is 8.20. The molecule has 3 nitrogen and oxygen atoms in total. The van der Waals surface area contributed by atoms with Crippen molar-refractivity contribution in [3.8, 4) is 11.3 Å². The molecule has 0 aliphatic rings. The summed E-state index contributed by atoms with van der Waals surface area (Å²) in [5.74, 6) is -0.0866. The number of nitrogens with zero attached hydrogens (tertiary/aromatic N) is 1. The maximum Gasteiger partial charge on any atom is 0.181 e. The number of rotatable bonds is 2. The fraction of sp³-hybridized carbons (Fsp3) is 0.182. The molecule has 0 aliphatic carbocycles. The second-order valence-corrected chi connectivity index (χ2v) is 3.27. The van der Waals surface area contributed by atoms with E-state index in [9.17, 15) is 4.39 Å². The van der Waals surface area contributed by atoms with Gasteiger partial charge in [0.1, 0.15) is 11.5 Å². The van der Waals surface area contributed by atoms with E-state index in [-0.39, 0.29) is 18.2 Å². The number of aryl methyl sites for hydroxylation is 1. The molecule has 78 valence electrons. The summed E-state index contributed by atoms with van der Waals surface area (Å²) in [5, 5.41) is 8.97. The minimum Gasteiger partial charge on any atom is -0.443 e. The Labute approximate surface area is 86.2 Å². The van der Waals surface area contributed by atoms with Crippen molar-refractivity contribution in [2.45, 2.75) is 13.5 Å². The number of hydrogen-bond donors (Lipinski definition) is 1. The van der Waals surface area contributed by atoms with E-state index >= 15 is 0 Å². The third-order valence-corrected chi connectivity index (χ3v) is 2.16. The Balaban J connectivity index is 2.54. The highest BCUT2D eigenvalue weighted by Crippen LogP contribution is 2.26. The van der Waals surface area contributed by atoms with E-state index < -0.39 is 0 Å². The van der Waals surface area contributed by atoms with Gasteiger partial charge in [-0.1, -0.05) is 6.07 Å². The van der Waals surface area contributed by atoms with Gasteiger partial charge in [-0.15, -0.1) is 0 Å². The SMILES string of the molecule is Cc1ccc(-c2ocnc2CO)c(F)c1. The second kappa shape index (κ2) is 3.82. The van der Waals surface area contributed by atoms with Gasteiger partial charge in [-0.05, 0) is 24.6 Å². The molecule has 0 atom stereocenters. The van der Waals surface area contributed by atoms with Crippen LogP contribution in [-0.2, 0) is 6.61 Å². The van der Waals surface area contributed by atoms with Crippen molar-refractivity contribution in [2.24, 2.45) is 0 Å². The van der Waals surface area contributed by atoms with Crippen LogP contribution in [0, 0.1) is 12.7 Å². The molecule has 0 saturated carbocycles. The van der Waals surface area contributed by atoms with Gasteiger partial charge in [-0.2, -0.15) is 0 Å². The van der Waals surface area contributed by atoms with Crippen LogP contribution in [0.3, 0.4) is 0 Å². The van der Waals surface area contributed by atoms with E-state index in [0.29, 0.717) is 11.3 Å². The molecule has 0 unspecified atom stereocenters. The predicted octanol–water partition coefficient (Wildman–Crippen LogP) is 2.28. The third kappa shape index (κ3) is 1.76. The molecule has 0 amide bonds. The summed E-state index contributed by atoms with van der Waals surface area (Å²) in [7, 11) is 0. The van der Waals surface area contributed by atoms with Crippen LogP contribution in [0.4, 0.5) is 4.39 Å². The van der Waals surface area contributed by atoms with Gasteiger partial charge >= 0.3 is 0 Å². The molecule has 1 aromatic heterocycles. The Morgan fingerprint density at radius 3 is 2.93 bits per heavy atom. The Bertz CT molecular complexity index is 479. The number of aliphatic hydroxyl groups is 1. The maximum atomic E-state index is 13.6. The average molecular weight is 207 g/mol. The lowest BCUT2D eigenvalue weighted by Gasteiger charge is -2.01. The van der Waals surface area contributed by atoms with Gasteiger partial charge in [0.25, 0.3) is 0 Å². The zero-order valence-corrected chi connectivity index (χ0v) is 8.20. The highest BCUT2D eigenvalue weighted by atomic mass is 19.1. The van der Waals surface area contributed by atoms with Crippen molar-refractivity contribution in [1.82, 2.24) is 4.98 Å². The minimum atomic E-state index is -0.374. The normalized spacial score (nSPS) is 10.6. The summed E-state index contributed by atoms with van der Waals surface area (Å²) >= 11 is 0. The molecular formula is C11H10FNO2. The molecule has 0 radical (unpaired) electrons. The largest absolute Gasteiger partial charge is 0.443 e. The summed E-state index contributed by atoms with van der Waals surface area (Å²) in [6.07, 6.45) is 1.19. The predicted molar refractivity (Wildman–Crippen MR) is 52.6 cm³/mol. The van der Waals surface area contributed by atoms with Crippen LogP contribution in [-0.4, -0.2) is 10.1 Å². The summed E-state index contributed by atoms with van der Waals surface area (Å²) in [6, 6.07) is 4.81. The van der Waals surface area contributed by atoms with E-state index in [0.717, 1.165) is 5.56 Å². The van der Waals surface area contributed by atoms with E-state index in [1.54, 1.807) is 19.1 Å². The van der Waals surface area contributed by atoms with Crippen molar-refractivity contribution in [3.63, 3.8) is 0 Å². The number of oxazole rings is 1. The van der Waals surface area contributed by atoms with E-state index in [4.69, 9.17) is 9.52 Å². The fourth-order valence-corrected chi connectivity index (χ4v) is 1.41. The molecule has 1 aromatic carbocycles. The molecule has 0 bridgehead atoms. The van der Waals surface area contributed by atoms with Crippen LogP contribution in [0.25, 0.3) is 11.3 Å². The molecule has 0 spiro atoms. The minimum absolute atomic E-state index is 0.265. The number of aromatic nitrogens is 1. The van der Waals surface area contributed by atoms with Crippen molar-refractivity contribution >= 4 is 0 Å². The van der Waals surface area contributed by atoms with Gasteiger partial charge in [0.15, 0.2) is 12.2 Å². The van der Waals surface area contributed by atoms with Gasteiger partial charge in [-0.25, -0.2) is 9.37 Å². The van der Waals surface area contributed by atoms with Crippen LogP contribution in [0.5, 0.6) is 0 Å². The molecule has 2 aromatic rings. The average Bonchev–Trinajstić information content (AvgIpc) is 2.65. The molecular weight excluding hydrogens is 197 g/mol. The summed E-state index contributed by atoms with van der Waals surface area (Å²) in [4.78, 5) is 3.79. The van der Waals surface area contributed by atoms with Crippen molar-refractivity contribution < 1.29 is 13.9 Å². The molecule has 0 fully saturated rings. The second-order valence-electron chi connectivity index (χ2n) is 3.27. The molecule has 4 heteroatoms. The van der Waals surface area contributed by atoms with Crippen LogP contribution < -0.4 is 0 Å². The van der Waals surface area contributed by atoms with Gasteiger partial charge in [0.05, 0.1) is 12.2 Å². The van der Waals surface area contributed by atoms with E-state index in [1.165, 1.54) is 12.5 Å². The highest BCUT2D eigenvalue weighted by Gasteiger charge is 2.13. The lowest BCUT2D eigenvalue weighted by atomic mass is 10.1. The first-order valence-corrected chi connectivity index (χ1v) is 4.52. The van der Waals surface area contributed by atoms with Crippen molar-refractivity contribution in [3.05, 3.63) is 41.7 Å². The van der Waals surface area contributed by atoms with Gasteiger partial charge < -0.3 is 9.52 Å². The first-order valence-electron chi connectivity index (χ1n) is 4.52. The summed E-state index contributed by atoms with van der Waals surface area (Å²) < 4.78 is 18.6. The number of aliphatic hydroxyl groups excluding tert-OH is 1.